The van der Waals surface area contributed by atoms with Gasteiger partial charge in [0, 0.05) is 18.2 Å². The molecule has 1 aromatic carbocycles. The highest BCUT2D eigenvalue weighted by atomic mass is 35.5. The number of nitrogens with zero attached hydrogens (tertiary/aromatic N) is 1. The highest BCUT2D eigenvalue weighted by Gasteiger charge is 2.18. The van der Waals surface area contributed by atoms with E-state index in [1.807, 2.05) is 47.9 Å². The van der Waals surface area contributed by atoms with E-state index in [9.17, 15) is 5.11 Å². The van der Waals surface area contributed by atoms with Crippen LogP contribution in [0, 0.1) is 6.92 Å². The van der Waals surface area contributed by atoms with Crippen LogP contribution in [0.3, 0.4) is 0 Å². The molecule has 3 rings (SSSR count). The van der Waals surface area contributed by atoms with Crippen molar-refractivity contribution in [1.82, 2.24) is 0 Å². The summed E-state index contributed by atoms with van der Waals surface area (Å²) in [7, 11) is 0. The maximum absolute atomic E-state index is 10.2. The Balaban J connectivity index is 2.70. The first kappa shape index (κ1) is 10.4. The number of rotatable bonds is 0. The van der Waals surface area contributed by atoms with Crippen LogP contribution in [0.1, 0.15) is 5.56 Å². The van der Waals surface area contributed by atoms with Crippen LogP contribution in [-0.2, 0) is 0 Å². The van der Waals surface area contributed by atoms with Crippen molar-refractivity contribution < 1.29 is 9.51 Å². The third-order valence-electron chi connectivity index (χ3n) is 3.09. The second-order valence-corrected chi connectivity index (χ2v) is 4.47. The van der Waals surface area contributed by atoms with E-state index in [2.05, 4.69) is 0 Å². The minimum atomic E-state index is 0.261. The summed E-state index contributed by atoms with van der Waals surface area (Å²) in [6.07, 6.45) is 1.97. The molecule has 2 nitrogen and oxygen atoms in total. The summed E-state index contributed by atoms with van der Waals surface area (Å²) in [5, 5.41) is 11.5. The molecule has 0 saturated heterocycles. The van der Waals surface area contributed by atoms with Gasteiger partial charge < -0.3 is 5.11 Å². The van der Waals surface area contributed by atoms with Gasteiger partial charge in [0.15, 0.2) is 6.20 Å². The Hall–Kier alpha value is -1.80. The third-order valence-corrected chi connectivity index (χ3v) is 3.40. The lowest BCUT2D eigenvalue weighted by Gasteiger charge is -2.05. The second-order valence-electron chi connectivity index (χ2n) is 4.06. The van der Waals surface area contributed by atoms with E-state index in [1.54, 1.807) is 6.07 Å². The Labute approximate surface area is 104 Å². The summed E-state index contributed by atoms with van der Waals surface area (Å²) >= 11 is 6.16. The molecule has 0 saturated carbocycles. The third kappa shape index (κ3) is 1.38. The predicted octanol–water partition coefficient (Wildman–Crippen LogP) is 3.25. The van der Waals surface area contributed by atoms with Gasteiger partial charge in [-0.15, -0.1) is 0 Å². The van der Waals surface area contributed by atoms with Crippen LogP contribution < -0.4 is 4.40 Å². The van der Waals surface area contributed by atoms with Gasteiger partial charge in [0.1, 0.15) is 11.1 Å². The summed E-state index contributed by atoms with van der Waals surface area (Å²) in [4.78, 5) is 0. The minimum Gasteiger partial charge on any atom is -0.506 e. The normalized spacial score (nSPS) is 11.2. The van der Waals surface area contributed by atoms with E-state index in [1.165, 1.54) is 0 Å². The van der Waals surface area contributed by atoms with Crippen molar-refractivity contribution in [2.24, 2.45) is 0 Å². The van der Waals surface area contributed by atoms with Gasteiger partial charge >= 0.3 is 0 Å². The van der Waals surface area contributed by atoms with Gasteiger partial charge in [0.2, 0.25) is 11.0 Å². The highest BCUT2D eigenvalue weighted by molar-refractivity contribution is 6.35. The number of aryl methyl sites for hydroxylation is 1. The quantitative estimate of drug-likeness (QED) is 0.476. The van der Waals surface area contributed by atoms with Crippen LogP contribution in [0.5, 0.6) is 5.75 Å². The van der Waals surface area contributed by atoms with Crippen molar-refractivity contribution >= 4 is 28.0 Å². The first-order chi connectivity index (χ1) is 8.20. The lowest BCUT2D eigenvalue weighted by molar-refractivity contribution is -0.482. The van der Waals surface area contributed by atoms with Crippen LogP contribution in [0.25, 0.3) is 16.4 Å². The summed E-state index contributed by atoms with van der Waals surface area (Å²) in [6, 6.07) is 11.5. The van der Waals surface area contributed by atoms with Crippen LogP contribution in [0.2, 0.25) is 5.02 Å². The molecule has 0 aliphatic carbocycles. The van der Waals surface area contributed by atoms with Gasteiger partial charge in [0.05, 0.1) is 10.6 Å². The Morgan fingerprint density at radius 2 is 1.82 bits per heavy atom. The fraction of sp³-hybridized carbons (Fsp3) is 0.0714. The highest BCUT2D eigenvalue weighted by Crippen LogP contribution is 2.33. The predicted molar refractivity (Wildman–Crippen MR) is 68.5 cm³/mol. The molecule has 0 spiro atoms. The lowest BCUT2D eigenvalue weighted by Crippen LogP contribution is -2.23. The number of aromatic hydroxyl groups is 1. The molecule has 0 bridgehead atoms. The summed E-state index contributed by atoms with van der Waals surface area (Å²) < 4.78 is 2.04. The summed E-state index contributed by atoms with van der Waals surface area (Å²) in [6.45, 7) is 1.90. The molecule has 2 heterocycles. The monoisotopic (exact) mass is 244 g/mol. The zero-order valence-corrected chi connectivity index (χ0v) is 10.1. The maximum atomic E-state index is 10.2. The fourth-order valence-electron chi connectivity index (χ4n) is 2.22. The van der Waals surface area contributed by atoms with Crippen molar-refractivity contribution in [3.63, 3.8) is 0 Å². The molecule has 0 unspecified atom stereocenters. The Bertz CT molecular complexity index is 737. The molecule has 0 atom stereocenters. The van der Waals surface area contributed by atoms with E-state index in [0.29, 0.717) is 10.4 Å². The smallest absolute Gasteiger partial charge is 0.223 e. The van der Waals surface area contributed by atoms with Gasteiger partial charge in [-0.05, 0) is 19.1 Å². The van der Waals surface area contributed by atoms with Crippen LogP contribution >= 0.6 is 11.6 Å². The number of halogens is 1. The molecule has 0 amide bonds. The van der Waals surface area contributed by atoms with Crippen molar-refractivity contribution in [1.29, 1.82) is 0 Å². The Morgan fingerprint density at radius 3 is 2.65 bits per heavy atom. The fourth-order valence-corrected chi connectivity index (χ4v) is 2.47. The molecule has 84 valence electrons. The van der Waals surface area contributed by atoms with E-state index >= 15 is 0 Å². The van der Waals surface area contributed by atoms with E-state index in [4.69, 9.17) is 11.6 Å². The van der Waals surface area contributed by atoms with Crippen LogP contribution in [-0.4, -0.2) is 5.11 Å². The van der Waals surface area contributed by atoms with Gasteiger partial charge in [-0.3, -0.25) is 0 Å². The minimum absolute atomic E-state index is 0.261. The van der Waals surface area contributed by atoms with Crippen molar-refractivity contribution in [3.05, 3.63) is 53.2 Å². The molecular formula is C14H11ClNO+. The van der Waals surface area contributed by atoms with E-state index < -0.39 is 0 Å². The molecule has 17 heavy (non-hydrogen) atoms. The van der Waals surface area contributed by atoms with Crippen molar-refractivity contribution in [2.45, 2.75) is 6.92 Å². The standard InChI is InChI=1S/C14H10ClNO/c1-9-11-6-2-3-8-16(11)12-7-4-5-10(15)13(12)14(9)17/h2-8H,1H3/p+1. The van der Waals surface area contributed by atoms with Crippen molar-refractivity contribution in [2.75, 3.05) is 0 Å². The second kappa shape index (κ2) is 3.60. The zero-order chi connectivity index (χ0) is 12.0. The number of hydrogen-bond donors (Lipinski definition) is 1. The molecule has 0 aliphatic rings. The molecule has 2 aromatic heterocycles. The topological polar surface area (TPSA) is 24.3 Å². The number of pyridine rings is 2. The number of hydrogen-bond acceptors (Lipinski definition) is 1. The molecule has 0 aliphatic heterocycles. The number of fused-ring (bicyclic) bond motifs is 3. The van der Waals surface area contributed by atoms with E-state index in [-0.39, 0.29) is 5.75 Å². The van der Waals surface area contributed by atoms with Gasteiger partial charge in [0.25, 0.3) is 0 Å². The molecule has 1 N–H and O–H groups in total. The average Bonchev–Trinajstić information content (AvgIpc) is 2.36. The number of benzene rings is 1. The average molecular weight is 245 g/mol. The van der Waals surface area contributed by atoms with E-state index in [0.717, 1.165) is 16.6 Å². The summed E-state index contributed by atoms with van der Waals surface area (Å²) in [5.74, 6) is 0.261. The number of aromatic nitrogens is 1. The summed E-state index contributed by atoms with van der Waals surface area (Å²) in [5.41, 5.74) is 2.74. The molecular weight excluding hydrogens is 234 g/mol. The Morgan fingerprint density at radius 1 is 1.06 bits per heavy atom. The van der Waals surface area contributed by atoms with Gasteiger partial charge in [-0.2, -0.15) is 4.40 Å². The SMILES string of the molecule is Cc1c(O)c2c(Cl)cccc2[n+]2ccccc12. The first-order valence-corrected chi connectivity index (χ1v) is 5.78. The van der Waals surface area contributed by atoms with Gasteiger partial charge in [-0.25, -0.2) is 0 Å². The van der Waals surface area contributed by atoms with Gasteiger partial charge in [-0.1, -0.05) is 17.7 Å². The lowest BCUT2D eigenvalue weighted by atomic mass is 10.1. The van der Waals surface area contributed by atoms with Crippen molar-refractivity contribution in [3.8, 4) is 5.75 Å². The molecule has 3 heteroatoms. The largest absolute Gasteiger partial charge is 0.506 e. The zero-order valence-electron chi connectivity index (χ0n) is 9.31. The molecule has 0 radical (unpaired) electrons. The first-order valence-electron chi connectivity index (χ1n) is 5.40. The maximum Gasteiger partial charge on any atom is 0.223 e. The van der Waals surface area contributed by atoms with Crippen LogP contribution in [0.4, 0.5) is 0 Å². The Kier molecular flexibility index (Phi) is 2.20. The molecule has 3 aromatic rings. The molecule has 0 fully saturated rings. The van der Waals surface area contributed by atoms with Crippen LogP contribution in [0.15, 0.2) is 42.6 Å².